The minimum atomic E-state index is -1.39. The minimum Gasteiger partial charge on any atom is -0.481 e. The third-order valence-electron chi connectivity index (χ3n) is 2.00. The highest BCUT2D eigenvalue weighted by atomic mass is 16.4. The number of aliphatic carboxylic acids is 1. The molecule has 0 aliphatic rings. The van der Waals surface area contributed by atoms with Crippen LogP contribution in [0.5, 0.6) is 0 Å². The lowest BCUT2D eigenvalue weighted by Gasteiger charge is -2.24. The molecule has 0 aromatic rings. The van der Waals surface area contributed by atoms with Crippen molar-refractivity contribution in [2.75, 3.05) is 6.61 Å². The minimum absolute atomic E-state index is 0.252. The van der Waals surface area contributed by atoms with Gasteiger partial charge in [-0.1, -0.05) is 13.3 Å². The second-order valence-corrected chi connectivity index (χ2v) is 3.14. The molecule has 1 amide bonds. The molecule has 76 valence electrons. The molecule has 0 aromatic carbocycles. The van der Waals surface area contributed by atoms with Gasteiger partial charge >= 0.3 is 5.97 Å². The van der Waals surface area contributed by atoms with Crippen LogP contribution in [0, 0.1) is 5.41 Å². The Bertz CT molecular complexity index is 204. The smallest absolute Gasteiger partial charge is 0.312 e. The number of rotatable bonds is 6. The van der Waals surface area contributed by atoms with E-state index >= 15 is 0 Å². The van der Waals surface area contributed by atoms with Gasteiger partial charge in [0.1, 0.15) is 0 Å². The monoisotopic (exact) mass is 189 g/mol. The lowest BCUT2D eigenvalue weighted by Crippen LogP contribution is -2.38. The first-order chi connectivity index (χ1) is 5.98. The van der Waals surface area contributed by atoms with Gasteiger partial charge in [0.2, 0.25) is 5.91 Å². The first-order valence-corrected chi connectivity index (χ1v) is 4.11. The van der Waals surface area contributed by atoms with Crippen LogP contribution < -0.4 is 5.73 Å². The maximum absolute atomic E-state index is 10.8. The van der Waals surface area contributed by atoms with Crippen molar-refractivity contribution in [3.05, 3.63) is 0 Å². The van der Waals surface area contributed by atoms with Crippen molar-refractivity contribution in [2.45, 2.75) is 26.2 Å². The van der Waals surface area contributed by atoms with Gasteiger partial charge in [0.05, 0.1) is 12.0 Å². The molecule has 0 radical (unpaired) electrons. The van der Waals surface area contributed by atoms with Crippen LogP contribution in [0.2, 0.25) is 0 Å². The van der Waals surface area contributed by atoms with Gasteiger partial charge in [0, 0.05) is 6.42 Å². The van der Waals surface area contributed by atoms with Crippen molar-refractivity contribution < 1.29 is 19.8 Å². The number of carboxylic acids is 1. The van der Waals surface area contributed by atoms with E-state index in [1.54, 1.807) is 6.92 Å². The molecule has 0 heterocycles. The van der Waals surface area contributed by atoms with Gasteiger partial charge in [-0.15, -0.1) is 0 Å². The number of carbonyl (C=O) groups excluding carboxylic acids is 1. The van der Waals surface area contributed by atoms with E-state index in [-0.39, 0.29) is 12.8 Å². The SMILES string of the molecule is CCC[C@@](CO)(CC(N)=O)C(=O)O. The molecule has 0 rings (SSSR count). The molecule has 0 saturated heterocycles. The maximum Gasteiger partial charge on any atom is 0.312 e. The van der Waals surface area contributed by atoms with Gasteiger partial charge in [-0.2, -0.15) is 0 Å². The Morgan fingerprint density at radius 2 is 2.00 bits per heavy atom. The molecule has 0 aromatic heterocycles. The van der Waals surface area contributed by atoms with Crippen molar-refractivity contribution in [1.29, 1.82) is 0 Å². The molecule has 4 N–H and O–H groups in total. The summed E-state index contributed by atoms with van der Waals surface area (Å²) < 4.78 is 0. The van der Waals surface area contributed by atoms with Crippen LogP contribution in [0.15, 0.2) is 0 Å². The van der Waals surface area contributed by atoms with Crippen LogP contribution in [-0.2, 0) is 9.59 Å². The summed E-state index contributed by atoms with van der Waals surface area (Å²) in [6, 6.07) is 0. The standard InChI is InChI=1S/C8H15NO4/c1-2-3-8(5-10,7(12)13)4-6(9)11/h10H,2-5H2,1H3,(H2,9,11)(H,12,13)/t8-/m0/s1. The van der Waals surface area contributed by atoms with Crippen LogP contribution in [0.3, 0.4) is 0 Å². The molecular weight excluding hydrogens is 174 g/mol. The Kier molecular flexibility index (Phi) is 4.40. The Morgan fingerprint density at radius 3 is 2.23 bits per heavy atom. The Morgan fingerprint density at radius 1 is 1.46 bits per heavy atom. The Labute approximate surface area is 76.5 Å². The van der Waals surface area contributed by atoms with E-state index in [0.717, 1.165) is 0 Å². The number of hydrogen-bond acceptors (Lipinski definition) is 3. The van der Waals surface area contributed by atoms with E-state index in [1.807, 2.05) is 0 Å². The van der Waals surface area contributed by atoms with Gasteiger partial charge in [-0.3, -0.25) is 9.59 Å². The summed E-state index contributed by atoms with van der Waals surface area (Å²) in [5.41, 5.74) is 3.52. The van der Waals surface area contributed by atoms with Crippen molar-refractivity contribution in [2.24, 2.45) is 11.1 Å². The molecule has 0 aliphatic carbocycles. The third kappa shape index (κ3) is 3.02. The van der Waals surface area contributed by atoms with Crippen molar-refractivity contribution >= 4 is 11.9 Å². The van der Waals surface area contributed by atoms with Crippen molar-refractivity contribution in [1.82, 2.24) is 0 Å². The lowest BCUT2D eigenvalue weighted by molar-refractivity contribution is -0.154. The van der Waals surface area contributed by atoms with E-state index in [1.165, 1.54) is 0 Å². The summed E-state index contributed by atoms with van der Waals surface area (Å²) in [7, 11) is 0. The zero-order valence-electron chi connectivity index (χ0n) is 7.62. The molecule has 13 heavy (non-hydrogen) atoms. The lowest BCUT2D eigenvalue weighted by atomic mass is 9.81. The van der Waals surface area contributed by atoms with Gasteiger partial charge in [0.15, 0.2) is 0 Å². The third-order valence-corrected chi connectivity index (χ3v) is 2.00. The number of carboxylic acid groups (broad SMARTS) is 1. The fraction of sp³-hybridized carbons (Fsp3) is 0.750. The fourth-order valence-electron chi connectivity index (χ4n) is 1.29. The molecule has 0 spiro atoms. The average Bonchev–Trinajstić information content (AvgIpc) is 2.02. The summed E-state index contributed by atoms with van der Waals surface area (Å²) in [6.07, 6.45) is 0.522. The fourth-order valence-corrected chi connectivity index (χ4v) is 1.29. The van der Waals surface area contributed by atoms with E-state index in [4.69, 9.17) is 15.9 Å². The van der Waals surface area contributed by atoms with Crippen molar-refractivity contribution in [3.63, 3.8) is 0 Å². The molecule has 5 heteroatoms. The number of amides is 1. The largest absolute Gasteiger partial charge is 0.481 e. The maximum atomic E-state index is 10.8. The molecule has 0 fully saturated rings. The van der Waals surface area contributed by atoms with Gasteiger partial charge < -0.3 is 15.9 Å². The van der Waals surface area contributed by atoms with Crippen LogP contribution in [0.25, 0.3) is 0 Å². The van der Waals surface area contributed by atoms with E-state index < -0.39 is 23.9 Å². The predicted octanol–water partition coefficient (Wildman–Crippen LogP) is -0.275. The number of hydrogen-bond donors (Lipinski definition) is 3. The number of nitrogens with two attached hydrogens (primary N) is 1. The Hall–Kier alpha value is -1.10. The number of primary amides is 1. The summed E-state index contributed by atoms with van der Waals surface area (Å²) in [5, 5.41) is 17.8. The van der Waals surface area contributed by atoms with E-state index in [0.29, 0.717) is 6.42 Å². The summed E-state index contributed by atoms with van der Waals surface area (Å²) >= 11 is 0. The number of aliphatic hydroxyl groups is 1. The van der Waals surface area contributed by atoms with Crippen LogP contribution in [0.4, 0.5) is 0 Å². The number of carbonyl (C=O) groups is 2. The molecular formula is C8H15NO4. The predicted molar refractivity (Wildman–Crippen MR) is 45.9 cm³/mol. The quantitative estimate of drug-likeness (QED) is 0.535. The normalized spacial score (nSPS) is 14.9. The highest BCUT2D eigenvalue weighted by molar-refractivity contribution is 5.84. The highest BCUT2D eigenvalue weighted by Gasteiger charge is 2.38. The first kappa shape index (κ1) is 11.9. The molecule has 0 saturated carbocycles. The topological polar surface area (TPSA) is 101 Å². The van der Waals surface area contributed by atoms with Gasteiger partial charge in [-0.05, 0) is 6.42 Å². The van der Waals surface area contributed by atoms with Crippen LogP contribution >= 0.6 is 0 Å². The van der Waals surface area contributed by atoms with Gasteiger partial charge in [-0.25, -0.2) is 0 Å². The van der Waals surface area contributed by atoms with Crippen LogP contribution in [-0.4, -0.2) is 28.7 Å². The average molecular weight is 189 g/mol. The molecule has 1 atom stereocenters. The van der Waals surface area contributed by atoms with Gasteiger partial charge in [0.25, 0.3) is 0 Å². The zero-order chi connectivity index (χ0) is 10.5. The Balaban J connectivity index is 4.64. The molecule has 0 aliphatic heterocycles. The van der Waals surface area contributed by atoms with Crippen LogP contribution in [0.1, 0.15) is 26.2 Å². The second-order valence-electron chi connectivity index (χ2n) is 3.14. The van der Waals surface area contributed by atoms with Crippen molar-refractivity contribution in [3.8, 4) is 0 Å². The first-order valence-electron chi connectivity index (χ1n) is 4.11. The highest BCUT2D eigenvalue weighted by Crippen LogP contribution is 2.27. The van der Waals surface area contributed by atoms with E-state index in [9.17, 15) is 9.59 Å². The summed E-state index contributed by atoms with van der Waals surface area (Å²) in [4.78, 5) is 21.4. The molecule has 0 bridgehead atoms. The van der Waals surface area contributed by atoms with E-state index in [2.05, 4.69) is 0 Å². The summed E-state index contributed by atoms with van der Waals surface area (Å²) in [5.74, 6) is -1.87. The zero-order valence-corrected chi connectivity index (χ0v) is 7.62. The summed E-state index contributed by atoms with van der Waals surface area (Å²) in [6.45, 7) is 1.23. The number of aliphatic hydroxyl groups excluding tert-OH is 1. The molecule has 5 nitrogen and oxygen atoms in total. The second kappa shape index (κ2) is 4.81. The molecule has 0 unspecified atom stereocenters.